The van der Waals surface area contributed by atoms with Crippen molar-refractivity contribution in [2.75, 3.05) is 38.5 Å². The van der Waals surface area contributed by atoms with E-state index in [0.717, 1.165) is 6.54 Å². The predicted molar refractivity (Wildman–Crippen MR) is 78.4 cm³/mol. The van der Waals surface area contributed by atoms with Crippen LogP contribution in [0.15, 0.2) is 23.1 Å². The van der Waals surface area contributed by atoms with E-state index < -0.39 is 20.6 Å². The number of sulfonamides is 1. The van der Waals surface area contributed by atoms with E-state index in [4.69, 9.17) is 5.73 Å². The second-order valence-electron chi connectivity index (χ2n) is 4.79. The van der Waals surface area contributed by atoms with Gasteiger partial charge in [-0.3, -0.25) is 10.1 Å². The van der Waals surface area contributed by atoms with Gasteiger partial charge in [0.15, 0.2) is 4.90 Å². The van der Waals surface area contributed by atoms with Crippen LogP contribution in [-0.4, -0.2) is 55.3 Å². The van der Waals surface area contributed by atoms with Gasteiger partial charge >= 0.3 is 5.69 Å². The second kappa shape index (κ2) is 5.96. The molecule has 0 saturated carbocycles. The number of benzene rings is 1. The van der Waals surface area contributed by atoms with Crippen molar-refractivity contribution in [3.05, 3.63) is 28.3 Å². The van der Waals surface area contributed by atoms with Crippen LogP contribution in [0.4, 0.5) is 11.4 Å². The van der Waals surface area contributed by atoms with E-state index in [2.05, 4.69) is 4.90 Å². The molecule has 2 rings (SSSR count). The summed E-state index contributed by atoms with van der Waals surface area (Å²) in [5.41, 5.74) is 4.87. The number of piperazine rings is 1. The van der Waals surface area contributed by atoms with Crippen molar-refractivity contribution in [2.24, 2.45) is 0 Å². The normalized spacial score (nSPS) is 17.8. The zero-order chi connectivity index (χ0) is 15.6. The molecule has 21 heavy (non-hydrogen) atoms. The molecule has 1 heterocycles. The van der Waals surface area contributed by atoms with Crippen molar-refractivity contribution < 1.29 is 13.3 Å². The molecule has 0 amide bonds. The van der Waals surface area contributed by atoms with Crippen molar-refractivity contribution in [1.82, 2.24) is 9.21 Å². The Morgan fingerprint density at radius 3 is 2.43 bits per heavy atom. The molecule has 9 heteroatoms. The van der Waals surface area contributed by atoms with Crippen LogP contribution in [0.3, 0.4) is 0 Å². The summed E-state index contributed by atoms with van der Waals surface area (Å²) in [5.74, 6) is 0. The first-order valence-corrected chi connectivity index (χ1v) is 8.07. The van der Waals surface area contributed by atoms with Crippen LogP contribution >= 0.6 is 0 Å². The molecular weight excluding hydrogens is 296 g/mol. The van der Waals surface area contributed by atoms with Gasteiger partial charge in [-0.15, -0.1) is 0 Å². The summed E-state index contributed by atoms with van der Waals surface area (Å²) < 4.78 is 26.5. The van der Waals surface area contributed by atoms with Crippen LogP contribution < -0.4 is 5.73 Å². The minimum absolute atomic E-state index is 0.145. The predicted octanol–water partition coefficient (Wildman–Crippen LogP) is 0.503. The smallest absolute Gasteiger partial charge is 0.312 e. The standard InChI is InChI=1S/C12H18N4O4S/c1-2-14-6-8-15(9-7-14)21(19,20)11-5-3-4-10(13)12(11)16(17)18/h3-5H,2,6-9,13H2,1H3. The van der Waals surface area contributed by atoms with Gasteiger partial charge in [-0.2, -0.15) is 4.31 Å². The highest BCUT2D eigenvalue weighted by atomic mass is 32.2. The van der Waals surface area contributed by atoms with E-state index in [9.17, 15) is 18.5 Å². The quantitative estimate of drug-likeness (QED) is 0.492. The van der Waals surface area contributed by atoms with Gasteiger partial charge in [0.1, 0.15) is 5.69 Å². The van der Waals surface area contributed by atoms with Crippen molar-refractivity contribution in [2.45, 2.75) is 11.8 Å². The average molecular weight is 314 g/mol. The van der Waals surface area contributed by atoms with Gasteiger partial charge in [-0.1, -0.05) is 13.0 Å². The van der Waals surface area contributed by atoms with Gasteiger partial charge in [0.2, 0.25) is 10.0 Å². The van der Waals surface area contributed by atoms with E-state index in [1.54, 1.807) is 0 Å². The van der Waals surface area contributed by atoms with Crippen LogP contribution in [0, 0.1) is 10.1 Å². The molecule has 1 aromatic rings. The first kappa shape index (κ1) is 15.7. The summed E-state index contributed by atoms with van der Waals surface area (Å²) in [4.78, 5) is 12.1. The van der Waals surface area contributed by atoms with Gasteiger partial charge in [0.05, 0.1) is 4.92 Å². The lowest BCUT2D eigenvalue weighted by Crippen LogP contribution is -2.48. The molecule has 1 saturated heterocycles. The Hall–Kier alpha value is -1.71. The van der Waals surface area contributed by atoms with E-state index in [1.807, 2.05) is 6.92 Å². The topological polar surface area (TPSA) is 110 Å². The number of anilines is 1. The van der Waals surface area contributed by atoms with Gasteiger partial charge in [-0.05, 0) is 18.7 Å². The Bertz CT molecular complexity index is 639. The Kier molecular flexibility index (Phi) is 4.45. The van der Waals surface area contributed by atoms with E-state index in [1.165, 1.54) is 22.5 Å². The Morgan fingerprint density at radius 2 is 1.90 bits per heavy atom. The minimum atomic E-state index is -3.91. The lowest BCUT2D eigenvalue weighted by molar-refractivity contribution is -0.386. The van der Waals surface area contributed by atoms with Gasteiger partial charge < -0.3 is 10.6 Å². The highest BCUT2D eigenvalue weighted by Gasteiger charge is 2.34. The fourth-order valence-electron chi connectivity index (χ4n) is 2.37. The first-order chi connectivity index (χ1) is 9.87. The van der Waals surface area contributed by atoms with Crippen molar-refractivity contribution >= 4 is 21.4 Å². The summed E-state index contributed by atoms with van der Waals surface area (Å²) in [6.07, 6.45) is 0. The number of nitrogens with two attached hydrogens (primary N) is 1. The van der Waals surface area contributed by atoms with Crippen LogP contribution in [0.5, 0.6) is 0 Å². The lowest BCUT2D eigenvalue weighted by Gasteiger charge is -2.33. The number of rotatable bonds is 4. The number of nitrogens with zero attached hydrogens (tertiary/aromatic N) is 3. The molecule has 0 unspecified atom stereocenters. The van der Waals surface area contributed by atoms with Crippen molar-refractivity contribution in [3.8, 4) is 0 Å². The molecule has 0 aliphatic carbocycles. The third-order valence-electron chi connectivity index (χ3n) is 3.61. The number of hydrogen-bond donors (Lipinski definition) is 1. The molecule has 1 aromatic carbocycles. The fraction of sp³-hybridized carbons (Fsp3) is 0.500. The molecule has 1 aliphatic heterocycles. The van der Waals surface area contributed by atoms with Gasteiger partial charge in [-0.25, -0.2) is 8.42 Å². The van der Waals surface area contributed by atoms with E-state index >= 15 is 0 Å². The second-order valence-corrected chi connectivity index (χ2v) is 6.70. The van der Waals surface area contributed by atoms with Gasteiger partial charge in [0, 0.05) is 26.2 Å². The third kappa shape index (κ3) is 2.99. The highest BCUT2D eigenvalue weighted by molar-refractivity contribution is 7.89. The molecule has 1 fully saturated rings. The fourth-order valence-corrected chi connectivity index (χ4v) is 3.98. The summed E-state index contributed by atoms with van der Waals surface area (Å²) in [5, 5.41) is 11.1. The zero-order valence-corrected chi connectivity index (χ0v) is 12.5. The maximum atomic E-state index is 12.6. The summed E-state index contributed by atoms with van der Waals surface area (Å²) >= 11 is 0. The summed E-state index contributed by atoms with van der Waals surface area (Å²) in [6.45, 7) is 4.74. The van der Waals surface area contributed by atoms with Crippen LogP contribution in [-0.2, 0) is 10.0 Å². The third-order valence-corrected chi connectivity index (χ3v) is 5.54. The van der Waals surface area contributed by atoms with E-state index in [0.29, 0.717) is 26.2 Å². The number of nitro benzene ring substituents is 1. The maximum absolute atomic E-state index is 12.6. The molecule has 1 aliphatic rings. The summed E-state index contributed by atoms with van der Waals surface area (Å²) in [7, 11) is -3.91. The van der Waals surface area contributed by atoms with Gasteiger partial charge in [0.25, 0.3) is 0 Å². The number of likely N-dealkylation sites (N-methyl/N-ethyl adjacent to an activating group) is 1. The molecule has 2 N–H and O–H groups in total. The molecule has 0 radical (unpaired) electrons. The number of nitrogen functional groups attached to an aromatic ring is 1. The van der Waals surface area contributed by atoms with E-state index in [-0.39, 0.29) is 10.6 Å². The largest absolute Gasteiger partial charge is 0.393 e. The Labute approximate surface area is 123 Å². The van der Waals surface area contributed by atoms with Crippen LogP contribution in [0.1, 0.15) is 6.92 Å². The maximum Gasteiger partial charge on any atom is 0.312 e. The van der Waals surface area contributed by atoms with Crippen molar-refractivity contribution in [3.63, 3.8) is 0 Å². The lowest BCUT2D eigenvalue weighted by atomic mass is 10.3. The van der Waals surface area contributed by atoms with Crippen molar-refractivity contribution in [1.29, 1.82) is 0 Å². The molecule has 8 nitrogen and oxygen atoms in total. The molecule has 0 aromatic heterocycles. The molecule has 0 bridgehead atoms. The molecule has 116 valence electrons. The Morgan fingerprint density at radius 1 is 1.29 bits per heavy atom. The number of hydrogen-bond acceptors (Lipinski definition) is 6. The zero-order valence-electron chi connectivity index (χ0n) is 11.7. The van der Waals surface area contributed by atoms with Crippen LogP contribution in [0.2, 0.25) is 0 Å². The average Bonchev–Trinajstić information content (AvgIpc) is 2.46. The molecule has 0 spiro atoms. The molecule has 0 atom stereocenters. The highest BCUT2D eigenvalue weighted by Crippen LogP contribution is 2.32. The Balaban J connectivity index is 2.37. The summed E-state index contributed by atoms with van der Waals surface area (Å²) in [6, 6.07) is 3.97. The monoisotopic (exact) mass is 314 g/mol. The minimum Gasteiger partial charge on any atom is -0.393 e. The number of para-hydroxylation sites is 1. The number of nitro groups is 1. The SMILES string of the molecule is CCN1CCN(S(=O)(=O)c2cccc(N)c2[N+](=O)[O-])CC1. The van der Waals surface area contributed by atoms with Crippen LogP contribution in [0.25, 0.3) is 0 Å². The molecular formula is C12H18N4O4S. The first-order valence-electron chi connectivity index (χ1n) is 6.63.